The molecule has 0 aromatic heterocycles. The highest BCUT2D eigenvalue weighted by Gasteiger charge is 2.20. The van der Waals surface area contributed by atoms with E-state index < -0.39 is 12.1 Å². The van der Waals surface area contributed by atoms with Gasteiger partial charge in [-0.05, 0) is 77.0 Å². The number of hydrogen-bond donors (Lipinski definition) is 3. The van der Waals surface area contributed by atoms with Crippen LogP contribution in [-0.2, 0) is 14.3 Å². The average molecular weight is 1030 g/mol. The minimum atomic E-state index is -0.663. The number of aliphatic hydroxyl groups excluding tert-OH is 2. The third-order valence-corrected chi connectivity index (χ3v) is 15.5. The van der Waals surface area contributed by atoms with Gasteiger partial charge < -0.3 is 20.3 Å². The van der Waals surface area contributed by atoms with E-state index in [9.17, 15) is 19.8 Å². The summed E-state index contributed by atoms with van der Waals surface area (Å²) in [5.41, 5.74) is 0. The molecule has 0 bridgehead atoms. The molecule has 6 nitrogen and oxygen atoms in total. The highest BCUT2D eigenvalue weighted by atomic mass is 16.5. The van der Waals surface area contributed by atoms with E-state index in [2.05, 4.69) is 43.5 Å². The van der Waals surface area contributed by atoms with E-state index in [1.54, 1.807) is 0 Å². The highest BCUT2D eigenvalue weighted by Crippen LogP contribution is 2.18. The Morgan fingerprint density at radius 1 is 0.370 bits per heavy atom. The Morgan fingerprint density at radius 3 is 1.00 bits per heavy atom. The van der Waals surface area contributed by atoms with Gasteiger partial charge in [0, 0.05) is 12.8 Å². The molecule has 0 aliphatic carbocycles. The Kier molecular flexibility index (Phi) is 61.4. The van der Waals surface area contributed by atoms with Gasteiger partial charge in [0.2, 0.25) is 5.91 Å². The van der Waals surface area contributed by atoms with Crippen LogP contribution < -0.4 is 5.32 Å². The van der Waals surface area contributed by atoms with E-state index in [-0.39, 0.29) is 18.5 Å². The number of allylic oxidation sites excluding steroid dienone is 4. The van der Waals surface area contributed by atoms with Gasteiger partial charge in [-0.25, -0.2) is 0 Å². The summed E-state index contributed by atoms with van der Waals surface area (Å²) in [7, 11) is 0. The molecule has 0 rings (SSSR count). The molecule has 0 aliphatic rings. The van der Waals surface area contributed by atoms with Gasteiger partial charge in [0.1, 0.15) is 0 Å². The zero-order valence-electron chi connectivity index (χ0n) is 49.4. The van der Waals surface area contributed by atoms with Crippen molar-refractivity contribution in [3.05, 3.63) is 24.3 Å². The average Bonchev–Trinajstić information content (AvgIpc) is 3.39. The van der Waals surface area contributed by atoms with Crippen LogP contribution in [0.2, 0.25) is 0 Å². The van der Waals surface area contributed by atoms with Crippen LogP contribution in [0.4, 0.5) is 0 Å². The smallest absolute Gasteiger partial charge is 0.305 e. The molecule has 0 spiro atoms. The van der Waals surface area contributed by atoms with E-state index in [0.717, 1.165) is 44.9 Å². The first-order valence-electron chi connectivity index (χ1n) is 33.1. The largest absolute Gasteiger partial charge is 0.466 e. The maximum Gasteiger partial charge on any atom is 0.305 e. The molecule has 1 amide bonds. The molecule has 0 fully saturated rings. The lowest BCUT2D eigenvalue weighted by atomic mass is 10.0. The number of aliphatic hydroxyl groups is 2. The van der Waals surface area contributed by atoms with Crippen LogP contribution in [0, 0.1) is 0 Å². The molecule has 2 atom stereocenters. The number of unbranched alkanes of at least 4 members (excludes halogenated alkanes) is 47. The van der Waals surface area contributed by atoms with E-state index in [0.29, 0.717) is 25.9 Å². The first-order valence-corrected chi connectivity index (χ1v) is 33.1. The second-order valence-corrected chi connectivity index (χ2v) is 22.8. The predicted molar refractivity (Wildman–Crippen MR) is 320 cm³/mol. The number of hydrogen-bond acceptors (Lipinski definition) is 5. The minimum absolute atomic E-state index is 0.00672. The van der Waals surface area contributed by atoms with Gasteiger partial charge >= 0.3 is 5.97 Å². The summed E-state index contributed by atoms with van der Waals surface area (Å²) in [5, 5.41) is 23.3. The van der Waals surface area contributed by atoms with Gasteiger partial charge in [-0.2, -0.15) is 0 Å². The number of carbonyl (C=O) groups excluding carboxylic acids is 2. The monoisotopic (exact) mass is 1030 g/mol. The van der Waals surface area contributed by atoms with Gasteiger partial charge in [-0.3, -0.25) is 9.59 Å². The summed E-state index contributed by atoms with van der Waals surface area (Å²) in [6.45, 7) is 4.95. The summed E-state index contributed by atoms with van der Waals surface area (Å²) in [6, 6.07) is -0.540. The van der Waals surface area contributed by atoms with Crippen LogP contribution in [0.5, 0.6) is 0 Å². The van der Waals surface area contributed by atoms with Crippen molar-refractivity contribution in [2.75, 3.05) is 13.2 Å². The fraction of sp³-hybridized carbons (Fsp3) is 0.910. The van der Waals surface area contributed by atoms with Crippen molar-refractivity contribution in [3.63, 3.8) is 0 Å². The molecule has 3 N–H and O–H groups in total. The maximum absolute atomic E-state index is 12.5. The normalized spacial score (nSPS) is 12.7. The Bertz CT molecular complexity index is 1140. The van der Waals surface area contributed by atoms with E-state index in [1.807, 2.05) is 0 Å². The van der Waals surface area contributed by atoms with E-state index in [1.165, 1.54) is 289 Å². The summed E-state index contributed by atoms with van der Waals surface area (Å²) >= 11 is 0. The Labute approximate surface area is 456 Å². The lowest BCUT2D eigenvalue weighted by Gasteiger charge is -2.22. The molecule has 432 valence electrons. The molecule has 73 heavy (non-hydrogen) atoms. The van der Waals surface area contributed by atoms with Crippen molar-refractivity contribution >= 4 is 11.9 Å². The topological polar surface area (TPSA) is 95.9 Å². The molecule has 0 aromatic carbocycles. The van der Waals surface area contributed by atoms with Crippen LogP contribution in [0.15, 0.2) is 24.3 Å². The Balaban J connectivity index is 3.37. The molecule has 0 radical (unpaired) electrons. The van der Waals surface area contributed by atoms with E-state index >= 15 is 0 Å². The zero-order chi connectivity index (χ0) is 52.9. The predicted octanol–water partition coefficient (Wildman–Crippen LogP) is 21.0. The summed E-state index contributed by atoms with van der Waals surface area (Å²) < 4.78 is 5.47. The second-order valence-electron chi connectivity index (χ2n) is 22.8. The van der Waals surface area contributed by atoms with Gasteiger partial charge in [-0.1, -0.05) is 301 Å². The third-order valence-electron chi connectivity index (χ3n) is 15.5. The standard InChI is InChI=1S/C67H129NO5/c1-3-5-7-9-11-13-15-17-33-36-39-43-47-51-55-59-65(70)64(63-69)68-66(71)60-56-52-48-44-40-37-34-31-29-27-25-23-21-19-18-20-22-24-26-28-30-32-35-38-42-46-50-54-58-62-73-67(72)61-57-53-49-45-41-16-14-12-10-8-6-4-2/h12,14,18,20,64-65,69-70H,3-11,13,15-17,19,21-63H2,1-2H3,(H,68,71)/b14-12-,20-18-. The van der Waals surface area contributed by atoms with E-state index in [4.69, 9.17) is 4.74 Å². The number of nitrogens with one attached hydrogen (secondary N) is 1. The lowest BCUT2D eigenvalue weighted by Crippen LogP contribution is -2.45. The zero-order valence-corrected chi connectivity index (χ0v) is 49.4. The van der Waals surface area contributed by atoms with Crippen molar-refractivity contribution in [1.29, 1.82) is 0 Å². The van der Waals surface area contributed by atoms with Crippen LogP contribution in [-0.4, -0.2) is 47.4 Å². The SMILES string of the molecule is CCCCC/C=C\CCCCCCCC(=O)OCCCCCCCCCCCCCC/C=C\CCCCCCCCCCCCCCCC(=O)NC(CO)C(O)CCCCCCCCCCCCCCCCC. The lowest BCUT2D eigenvalue weighted by molar-refractivity contribution is -0.143. The van der Waals surface area contributed by atoms with Crippen molar-refractivity contribution in [3.8, 4) is 0 Å². The van der Waals surface area contributed by atoms with Crippen molar-refractivity contribution < 1.29 is 24.5 Å². The van der Waals surface area contributed by atoms with Crippen molar-refractivity contribution in [2.24, 2.45) is 0 Å². The number of carbonyl (C=O) groups is 2. The van der Waals surface area contributed by atoms with Crippen LogP contribution in [0.1, 0.15) is 367 Å². The third kappa shape index (κ3) is 59.4. The van der Waals surface area contributed by atoms with Crippen LogP contribution in [0.3, 0.4) is 0 Å². The van der Waals surface area contributed by atoms with Crippen LogP contribution >= 0.6 is 0 Å². The minimum Gasteiger partial charge on any atom is -0.466 e. The second kappa shape index (κ2) is 62.9. The molecule has 0 saturated carbocycles. The van der Waals surface area contributed by atoms with Gasteiger partial charge in [0.15, 0.2) is 0 Å². The molecular formula is C67H129NO5. The fourth-order valence-electron chi connectivity index (χ4n) is 10.4. The summed E-state index contributed by atoms with van der Waals surface area (Å²) in [6.07, 6.45) is 77.8. The maximum atomic E-state index is 12.5. The molecule has 0 heterocycles. The molecule has 0 aliphatic heterocycles. The molecule has 6 heteroatoms. The molecule has 0 saturated heterocycles. The quantitative estimate of drug-likeness (QED) is 0.0320. The highest BCUT2D eigenvalue weighted by molar-refractivity contribution is 5.76. The van der Waals surface area contributed by atoms with Crippen LogP contribution in [0.25, 0.3) is 0 Å². The van der Waals surface area contributed by atoms with Crippen molar-refractivity contribution in [1.82, 2.24) is 5.32 Å². The number of amides is 1. The number of esters is 1. The summed E-state index contributed by atoms with van der Waals surface area (Å²) in [4.78, 5) is 24.5. The first kappa shape index (κ1) is 71.3. The van der Waals surface area contributed by atoms with Gasteiger partial charge in [0.25, 0.3) is 0 Å². The number of rotatable bonds is 62. The molecular weight excluding hydrogens is 899 g/mol. The molecule has 0 aromatic rings. The Hall–Kier alpha value is -1.66. The fourth-order valence-corrected chi connectivity index (χ4v) is 10.4. The Morgan fingerprint density at radius 2 is 0.644 bits per heavy atom. The summed E-state index contributed by atoms with van der Waals surface area (Å²) in [5.74, 6) is -0.0250. The first-order chi connectivity index (χ1) is 36.0. The van der Waals surface area contributed by atoms with Gasteiger partial charge in [-0.15, -0.1) is 0 Å². The van der Waals surface area contributed by atoms with Gasteiger partial charge in [0.05, 0.1) is 25.4 Å². The van der Waals surface area contributed by atoms with Crippen molar-refractivity contribution in [2.45, 2.75) is 379 Å². The molecule has 2 unspecified atom stereocenters. The number of ether oxygens (including phenoxy) is 1.